The number of carbonyl (C=O) groups is 3. The zero-order chi connectivity index (χ0) is 60.5. The molecular formula is C74H141NO8. The van der Waals surface area contributed by atoms with Crippen molar-refractivity contribution in [2.75, 3.05) is 47.5 Å². The molecule has 490 valence electrons. The van der Waals surface area contributed by atoms with Gasteiger partial charge >= 0.3 is 11.9 Å². The van der Waals surface area contributed by atoms with Crippen LogP contribution in [0.2, 0.25) is 0 Å². The van der Waals surface area contributed by atoms with Crippen LogP contribution in [0.5, 0.6) is 0 Å². The topological polar surface area (TPSA) is 111 Å². The Morgan fingerprint density at radius 2 is 0.651 bits per heavy atom. The van der Waals surface area contributed by atoms with Gasteiger partial charge in [-0.3, -0.25) is 9.59 Å². The number of carboxylic acids is 1. The lowest BCUT2D eigenvalue weighted by atomic mass is 10.0. The number of esters is 2. The van der Waals surface area contributed by atoms with Crippen LogP contribution in [-0.4, -0.2) is 82.3 Å². The van der Waals surface area contributed by atoms with Crippen molar-refractivity contribution in [2.24, 2.45) is 0 Å². The van der Waals surface area contributed by atoms with E-state index in [4.69, 9.17) is 18.9 Å². The molecule has 0 saturated carbocycles. The van der Waals surface area contributed by atoms with E-state index >= 15 is 0 Å². The SMILES string of the molecule is CCCCCCC/C=C\C/C=C\CCCCCCCCCCCCCCCCCCCCCCCCCCCCCCCC(=O)OC(COC(=O)CCCCCCCCCCCCCCCCCCC)COC(OCC[N+](C)(C)C)C(=O)[O-]. The molecule has 0 fully saturated rings. The Balaban J connectivity index is 3.89. The van der Waals surface area contributed by atoms with Gasteiger partial charge in [-0.05, 0) is 44.9 Å². The van der Waals surface area contributed by atoms with Crippen LogP contribution in [0.25, 0.3) is 0 Å². The number of carboxylic acid groups (broad SMARTS) is 1. The van der Waals surface area contributed by atoms with Gasteiger partial charge < -0.3 is 33.3 Å². The van der Waals surface area contributed by atoms with E-state index in [1.165, 1.54) is 302 Å². The van der Waals surface area contributed by atoms with Crippen LogP contribution >= 0.6 is 0 Å². The van der Waals surface area contributed by atoms with Crippen molar-refractivity contribution in [1.82, 2.24) is 0 Å². The minimum Gasteiger partial charge on any atom is -0.545 e. The summed E-state index contributed by atoms with van der Waals surface area (Å²) in [6.45, 7) is 4.81. The smallest absolute Gasteiger partial charge is 0.306 e. The van der Waals surface area contributed by atoms with E-state index in [1.54, 1.807) is 0 Å². The predicted octanol–water partition coefficient (Wildman–Crippen LogP) is 21.3. The molecular weight excluding hydrogens is 1030 g/mol. The number of allylic oxidation sites excluding steroid dienone is 4. The molecule has 0 rings (SSSR count). The Bertz CT molecular complexity index is 1410. The third kappa shape index (κ3) is 67.1. The molecule has 0 radical (unpaired) electrons. The average Bonchev–Trinajstić information content (AvgIpc) is 3.46. The van der Waals surface area contributed by atoms with Crippen LogP contribution in [0.3, 0.4) is 0 Å². The highest BCUT2D eigenvalue weighted by Gasteiger charge is 2.22. The van der Waals surface area contributed by atoms with E-state index in [0.717, 1.165) is 44.9 Å². The fourth-order valence-corrected chi connectivity index (χ4v) is 11.1. The number of likely N-dealkylation sites (N-methyl/N-ethyl adjacent to an activating group) is 1. The minimum absolute atomic E-state index is 0.152. The maximum absolute atomic E-state index is 12.9. The van der Waals surface area contributed by atoms with Gasteiger partial charge in [0.1, 0.15) is 13.2 Å². The summed E-state index contributed by atoms with van der Waals surface area (Å²) in [5.74, 6) is -2.25. The lowest BCUT2D eigenvalue weighted by molar-refractivity contribution is -0.870. The summed E-state index contributed by atoms with van der Waals surface area (Å²) in [6, 6.07) is 0. The van der Waals surface area contributed by atoms with Crippen molar-refractivity contribution < 1.29 is 42.9 Å². The number of nitrogens with zero attached hydrogens (tertiary/aromatic N) is 1. The summed E-state index contributed by atoms with van der Waals surface area (Å²) in [5, 5.41) is 11.8. The number of hydrogen-bond donors (Lipinski definition) is 0. The van der Waals surface area contributed by atoms with Crippen molar-refractivity contribution in [1.29, 1.82) is 0 Å². The number of quaternary nitrogens is 1. The molecule has 9 nitrogen and oxygen atoms in total. The maximum Gasteiger partial charge on any atom is 0.306 e. The highest BCUT2D eigenvalue weighted by Crippen LogP contribution is 2.19. The number of hydrogen-bond acceptors (Lipinski definition) is 8. The fourth-order valence-electron chi connectivity index (χ4n) is 11.1. The molecule has 0 aromatic carbocycles. The van der Waals surface area contributed by atoms with Gasteiger partial charge in [-0.25, -0.2) is 0 Å². The molecule has 0 saturated heterocycles. The Hall–Kier alpha value is -2.23. The van der Waals surface area contributed by atoms with Crippen LogP contribution in [0.1, 0.15) is 373 Å². The van der Waals surface area contributed by atoms with Gasteiger partial charge in [-0.2, -0.15) is 0 Å². The second-order valence-electron chi connectivity index (χ2n) is 26.2. The second kappa shape index (κ2) is 65.7. The molecule has 0 amide bonds. The van der Waals surface area contributed by atoms with Crippen molar-refractivity contribution in [3.8, 4) is 0 Å². The molecule has 0 bridgehead atoms. The van der Waals surface area contributed by atoms with E-state index in [-0.39, 0.29) is 32.2 Å². The van der Waals surface area contributed by atoms with E-state index in [2.05, 4.69) is 38.2 Å². The molecule has 2 atom stereocenters. The summed E-state index contributed by atoms with van der Waals surface area (Å²) in [7, 11) is 5.94. The summed E-state index contributed by atoms with van der Waals surface area (Å²) >= 11 is 0. The Kier molecular flexibility index (Phi) is 64.0. The van der Waals surface area contributed by atoms with Gasteiger partial charge in [-0.1, -0.05) is 340 Å². The molecule has 0 spiro atoms. The van der Waals surface area contributed by atoms with Gasteiger partial charge in [0.05, 0.1) is 40.3 Å². The highest BCUT2D eigenvalue weighted by atomic mass is 16.7. The first kappa shape index (κ1) is 80.8. The van der Waals surface area contributed by atoms with Crippen molar-refractivity contribution in [2.45, 2.75) is 386 Å². The first-order valence-electron chi connectivity index (χ1n) is 36.5. The van der Waals surface area contributed by atoms with Crippen LogP contribution in [0.4, 0.5) is 0 Å². The monoisotopic (exact) mass is 1170 g/mol. The summed E-state index contributed by atoms with van der Waals surface area (Å²) < 4.78 is 22.8. The molecule has 0 aliphatic carbocycles. The fraction of sp³-hybridized carbons (Fsp3) is 0.905. The van der Waals surface area contributed by atoms with E-state index in [1.807, 2.05) is 21.1 Å². The second-order valence-corrected chi connectivity index (χ2v) is 26.2. The molecule has 0 heterocycles. The lowest BCUT2D eigenvalue weighted by Crippen LogP contribution is -2.44. The summed E-state index contributed by atoms with van der Waals surface area (Å²) in [5.41, 5.74) is 0. The Morgan fingerprint density at radius 3 is 0.952 bits per heavy atom. The lowest BCUT2D eigenvalue weighted by Gasteiger charge is -2.26. The van der Waals surface area contributed by atoms with E-state index < -0.39 is 24.3 Å². The summed E-state index contributed by atoms with van der Waals surface area (Å²) in [6.07, 6.45) is 78.6. The van der Waals surface area contributed by atoms with Crippen molar-refractivity contribution in [3.63, 3.8) is 0 Å². The molecule has 0 aromatic heterocycles. The number of unbranched alkanes of at least 4 members (excludes halogenated alkanes) is 50. The van der Waals surface area contributed by atoms with Gasteiger partial charge in [0.15, 0.2) is 12.4 Å². The molecule has 83 heavy (non-hydrogen) atoms. The van der Waals surface area contributed by atoms with Crippen molar-refractivity contribution >= 4 is 17.9 Å². The standard InChI is InChI=1S/C74H141NO8/c1-6-8-10-12-14-16-18-20-22-24-25-26-27-28-29-30-31-32-33-34-35-36-37-38-39-40-41-42-43-44-45-46-47-49-51-53-55-57-59-61-63-65-72(77)83-70(69-82-74(73(78)79)80-67-66-75(3,4)5)68-81-71(76)64-62-60-58-56-54-52-50-48-23-21-19-17-15-13-11-9-7-2/h18,20,24-25,70,74H,6-17,19,21-23,26-69H2,1-5H3/b20-18-,25-24-. The third-order valence-corrected chi connectivity index (χ3v) is 16.7. The Labute approximate surface area is 516 Å². The maximum atomic E-state index is 12.9. The molecule has 9 heteroatoms. The number of aliphatic carboxylic acids is 1. The average molecular weight is 1170 g/mol. The van der Waals surface area contributed by atoms with Crippen LogP contribution in [-0.2, 0) is 33.3 Å². The number of carbonyl (C=O) groups excluding carboxylic acids is 3. The Morgan fingerprint density at radius 1 is 0.361 bits per heavy atom. The first-order chi connectivity index (χ1) is 40.6. The van der Waals surface area contributed by atoms with Crippen molar-refractivity contribution in [3.05, 3.63) is 24.3 Å². The quantitative estimate of drug-likeness (QED) is 0.0195. The molecule has 2 unspecified atom stereocenters. The zero-order valence-electron chi connectivity index (χ0n) is 56.1. The normalized spacial score (nSPS) is 12.7. The van der Waals surface area contributed by atoms with Gasteiger partial charge in [0.25, 0.3) is 0 Å². The molecule has 0 aliphatic heterocycles. The third-order valence-electron chi connectivity index (χ3n) is 16.7. The van der Waals surface area contributed by atoms with Crippen LogP contribution in [0, 0.1) is 0 Å². The van der Waals surface area contributed by atoms with Gasteiger partial charge in [-0.15, -0.1) is 0 Å². The van der Waals surface area contributed by atoms with E-state index in [9.17, 15) is 19.5 Å². The van der Waals surface area contributed by atoms with Gasteiger partial charge in [0.2, 0.25) is 0 Å². The molecule has 0 aromatic rings. The number of ether oxygens (including phenoxy) is 4. The van der Waals surface area contributed by atoms with Crippen LogP contribution in [0.15, 0.2) is 24.3 Å². The van der Waals surface area contributed by atoms with Crippen LogP contribution < -0.4 is 5.11 Å². The first-order valence-corrected chi connectivity index (χ1v) is 36.5. The highest BCUT2D eigenvalue weighted by molar-refractivity contribution is 5.70. The largest absolute Gasteiger partial charge is 0.545 e. The minimum atomic E-state index is -1.62. The van der Waals surface area contributed by atoms with E-state index in [0.29, 0.717) is 17.4 Å². The molecule has 0 N–H and O–H groups in total. The predicted molar refractivity (Wildman–Crippen MR) is 353 cm³/mol. The molecule has 0 aliphatic rings. The zero-order valence-corrected chi connectivity index (χ0v) is 56.1. The number of rotatable bonds is 69. The summed E-state index contributed by atoms with van der Waals surface area (Å²) in [4.78, 5) is 37.4. The van der Waals surface area contributed by atoms with Gasteiger partial charge in [0, 0.05) is 12.8 Å².